The van der Waals surface area contributed by atoms with E-state index in [-0.39, 0.29) is 12.2 Å². The Balaban J connectivity index is 2.71. The first-order valence-electron chi connectivity index (χ1n) is 5.96. The molecule has 1 N–H and O–H groups in total. The number of benzene rings is 1. The molecule has 1 rings (SSSR count). The van der Waals surface area contributed by atoms with Gasteiger partial charge in [-0.3, -0.25) is 5.32 Å². The number of rotatable bonds is 3. The highest BCUT2D eigenvalue weighted by Crippen LogP contribution is 2.14. The molecule has 6 heteroatoms. The van der Waals surface area contributed by atoms with Gasteiger partial charge < -0.3 is 9.47 Å². The molecule has 106 valence electrons. The molecule has 1 aromatic rings. The van der Waals surface area contributed by atoms with Crippen LogP contribution in [0, 0.1) is 11.3 Å². The van der Waals surface area contributed by atoms with Crippen molar-refractivity contribution in [2.24, 2.45) is 0 Å². The molecule has 0 heterocycles. The van der Waals surface area contributed by atoms with Crippen LogP contribution in [0.2, 0.25) is 0 Å². The maximum atomic E-state index is 11.6. The van der Waals surface area contributed by atoms with Gasteiger partial charge in [-0.1, -0.05) is 6.07 Å². The van der Waals surface area contributed by atoms with Crippen LogP contribution < -0.4 is 5.32 Å². The second kappa shape index (κ2) is 6.57. The van der Waals surface area contributed by atoms with Crippen LogP contribution in [0.25, 0.3) is 0 Å². The SMILES string of the molecule is CC(C)(C)OC(=O)Nc1cccc(C(=O)OCC#N)c1. The normalized spacial score (nSPS) is 10.3. The lowest BCUT2D eigenvalue weighted by molar-refractivity contribution is 0.0553. The van der Waals surface area contributed by atoms with E-state index in [0.29, 0.717) is 5.69 Å². The lowest BCUT2D eigenvalue weighted by Gasteiger charge is -2.19. The van der Waals surface area contributed by atoms with Crippen LogP contribution in [0.5, 0.6) is 0 Å². The summed E-state index contributed by atoms with van der Waals surface area (Å²) in [5.74, 6) is -0.626. The molecule has 0 spiro atoms. The molecule has 1 aromatic carbocycles. The number of nitrogens with zero attached hydrogens (tertiary/aromatic N) is 1. The molecule has 0 unspecified atom stereocenters. The summed E-state index contributed by atoms with van der Waals surface area (Å²) >= 11 is 0. The van der Waals surface area contributed by atoms with Crippen LogP contribution in [-0.2, 0) is 9.47 Å². The monoisotopic (exact) mass is 276 g/mol. The Kier molecular flexibility index (Phi) is 5.09. The number of esters is 1. The average Bonchev–Trinajstić information content (AvgIpc) is 2.33. The van der Waals surface area contributed by atoms with Crippen molar-refractivity contribution < 1.29 is 19.1 Å². The molecule has 0 radical (unpaired) electrons. The smallest absolute Gasteiger partial charge is 0.412 e. The third-order valence-corrected chi connectivity index (χ3v) is 2.01. The molecular weight excluding hydrogens is 260 g/mol. The van der Waals surface area contributed by atoms with E-state index in [9.17, 15) is 9.59 Å². The largest absolute Gasteiger partial charge is 0.447 e. The summed E-state index contributed by atoms with van der Waals surface area (Å²) in [6.07, 6.45) is -0.611. The van der Waals surface area contributed by atoms with E-state index >= 15 is 0 Å². The molecule has 0 saturated heterocycles. The van der Waals surface area contributed by atoms with Crippen molar-refractivity contribution in [1.29, 1.82) is 5.26 Å². The molecule has 0 bridgehead atoms. The number of amides is 1. The summed E-state index contributed by atoms with van der Waals surface area (Å²) in [5.41, 5.74) is 0.0485. The third kappa shape index (κ3) is 5.40. The van der Waals surface area contributed by atoms with Crippen LogP contribution in [0.3, 0.4) is 0 Å². The molecule has 1 amide bonds. The molecule has 0 atom stereocenters. The van der Waals surface area contributed by atoms with Gasteiger partial charge in [0.1, 0.15) is 11.7 Å². The van der Waals surface area contributed by atoms with E-state index < -0.39 is 17.7 Å². The highest BCUT2D eigenvalue weighted by molar-refractivity contribution is 5.92. The maximum Gasteiger partial charge on any atom is 0.412 e. The number of carbonyl (C=O) groups is 2. The number of carbonyl (C=O) groups excluding carboxylic acids is 2. The number of ether oxygens (including phenoxy) is 2. The minimum Gasteiger partial charge on any atom is -0.447 e. The zero-order valence-electron chi connectivity index (χ0n) is 11.6. The van der Waals surface area contributed by atoms with Gasteiger partial charge in [0.25, 0.3) is 0 Å². The predicted octanol–water partition coefficient (Wildman–Crippen LogP) is 2.71. The molecular formula is C14H16N2O4. The van der Waals surface area contributed by atoms with Crippen molar-refractivity contribution in [3.63, 3.8) is 0 Å². The zero-order chi connectivity index (χ0) is 15.2. The molecule has 20 heavy (non-hydrogen) atoms. The number of hydrogen-bond acceptors (Lipinski definition) is 5. The lowest BCUT2D eigenvalue weighted by Crippen LogP contribution is -2.27. The average molecular weight is 276 g/mol. The van der Waals surface area contributed by atoms with Gasteiger partial charge in [-0.2, -0.15) is 5.26 Å². The van der Waals surface area contributed by atoms with Gasteiger partial charge >= 0.3 is 12.1 Å². The van der Waals surface area contributed by atoms with Crippen molar-refractivity contribution in [2.45, 2.75) is 26.4 Å². The molecule has 0 fully saturated rings. The van der Waals surface area contributed by atoms with E-state index in [0.717, 1.165) is 0 Å². The Hall–Kier alpha value is -2.55. The number of nitrogens with one attached hydrogen (secondary N) is 1. The van der Waals surface area contributed by atoms with Gasteiger partial charge in [-0.15, -0.1) is 0 Å². The van der Waals surface area contributed by atoms with E-state index in [1.165, 1.54) is 12.1 Å². The summed E-state index contributed by atoms with van der Waals surface area (Å²) in [6.45, 7) is 4.94. The summed E-state index contributed by atoms with van der Waals surface area (Å²) in [4.78, 5) is 23.1. The van der Waals surface area contributed by atoms with Gasteiger partial charge in [0.2, 0.25) is 0 Å². The quantitative estimate of drug-likeness (QED) is 0.857. The van der Waals surface area contributed by atoms with Gasteiger partial charge in [-0.25, -0.2) is 9.59 Å². The molecule has 0 aliphatic carbocycles. The molecule has 0 saturated carbocycles. The first-order chi connectivity index (χ1) is 9.31. The summed E-state index contributed by atoms with van der Waals surface area (Å²) in [5, 5.41) is 10.9. The van der Waals surface area contributed by atoms with Crippen molar-refractivity contribution in [1.82, 2.24) is 0 Å². The van der Waals surface area contributed by atoms with Crippen molar-refractivity contribution in [3.05, 3.63) is 29.8 Å². The van der Waals surface area contributed by atoms with Gasteiger partial charge in [0.05, 0.1) is 5.56 Å². The number of hydrogen-bond donors (Lipinski definition) is 1. The van der Waals surface area contributed by atoms with E-state index in [2.05, 4.69) is 10.1 Å². The second-order valence-electron chi connectivity index (χ2n) is 4.94. The summed E-state index contributed by atoms with van der Waals surface area (Å²) < 4.78 is 9.77. The first-order valence-corrected chi connectivity index (χ1v) is 5.96. The first kappa shape index (κ1) is 15.5. The number of anilines is 1. The highest BCUT2D eigenvalue weighted by Gasteiger charge is 2.16. The fraction of sp³-hybridized carbons (Fsp3) is 0.357. The van der Waals surface area contributed by atoms with Crippen LogP contribution in [0.1, 0.15) is 31.1 Å². The molecule has 6 nitrogen and oxygen atoms in total. The van der Waals surface area contributed by atoms with E-state index in [1.54, 1.807) is 39.0 Å². The van der Waals surface area contributed by atoms with Gasteiger partial charge in [0.15, 0.2) is 6.61 Å². The van der Waals surface area contributed by atoms with Crippen LogP contribution in [0.15, 0.2) is 24.3 Å². The van der Waals surface area contributed by atoms with E-state index in [1.807, 2.05) is 0 Å². The maximum absolute atomic E-state index is 11.6. The lowest BCUT2D eigenvalue weighted by atomic mass is 10.2. The van der Waals surface area contributed by atoms with Crippen molar-refractivity contribution in [3.8, 4) is 6.07 Å². The topological polar surface area (TPSA) is 88.4 Å². The Morgan fingerprint density at radius 3 is 2.65 bits per heavy atom. The fourth-order valence-corrected chi connectivity index (χ4v) is 1.33. The Morgan fingerprint density at radius 2 is 2.05 bits per heavy atom. The molecule has 0 aliphatic heterocycles. The Bertz CT molecular complexity index is 541. The zero-order valence-corrected chi connectivity index (χ0v) is 11.6. The molecule has 0 aliphatic rings. The summed E-state index contributed by atoms with van der Waals surface area (Å²) in [6, 6.07) is 7.89. The van der Waals surface area contributed by atoms with Crippen molar-refractivity contribution in [2.75, 3.05) is 11.9 Å². The van der Waals surface area contributed by atoms with Crippen LogP contribution in [-0.4, -0.2) is 24.3 Å². The minimum atomic E-state index is -0.626. The van der Waals surface area contributed by atoms with Gasteiger partial charge in [0, 0.05) is 5.69 Å². The molecule has 0 aromatic heterocycles. The highest BCUT2D eigenvalue weighted by atomic mass is 16.6. The predicted molar refractivity (Wildman–Crippen MR) is 72.2 cm³/mol. The van der Waals surface area contributed by atoms with Gasteiger partial charge in [-0.05, 0) is 39.0 Å². The van der Waals surface area contributed by atoms with Crippen LogP contribution >= 0.6 is 0 Å². The Labute approximate surface area is 117 Å². The third-order valence-electron chi connectivity index (χ3n) is 2.01. The van der Waals surface area contributed by atoms with Crippen LogP contribution in [0.4, 0.5) is 10.5 Å². The van der Waals surface area contributed by atoms with E-state index in [4.69, 9.17) is 10.00 Å². The minimum absolute atomic E-state index is 0.244. The fourth-order valence-electron chi connectivity index (χ4n) is 1.33. The number of nitriles is 1. The summed E-state index contributed by atoms with van der Waals surface area (Å²) in [7, 11) is 0. The Morgan fingerprint density at radius 1 is 1.35 bits per heavy atom. The standard InChI is InChI=1S/C14H16N2O4/c1-14(2,3)20-13(18)16-11-6-4-5-10(9-11)12(17)19-8-7-15/h4-6,9H,8H2,1-3H3,(H,16,18). The van der Waals surface area contributed by atoms with Crippen molar-refractivity contribution >= 4 is 17.7 Å². The second-order valence-corrected chi connectivity index (χ2v) is 4.94.